The topological polar surface area (TPSA) is 76.7 Å². The third-order valence-electron chi connectivity index (χ3n) is 4.26. The number of morpholine rings is 1. The highest BCUT2D eigenvalue weighted by molar-refractivity contribution is 5.95. The minimum Gasteiger partial charge on any atom is -0.465 e. The molecule has 0 aliphatic carbocycles. The Hall–Kier alpha value is -2.70. The Balaban J connectivity index is 1.67. The molecule has 0 unspecified atom stereocenters. The molecule has 1 fully saturated rings. The molecule has 1 amide bonds. The van der Waals surface area contributed by atoms with Gasteiger partial charge in [-0.1, -0.05) is 24.3 Å². The fourth-order valence-electron chi connectivity index (χ4n) is 2.82. The highest BCUT2D eigenvalue weighted by atomic mass is 16.5. The van der Waals surface area contributed by atoms with Crippen LogP contribution < -0.4 is 10.6 Å². The Morgan fingerprint density at radius 3 is 2.65 bits per heavy atom. The van der Waals surface area contributed by atoms with Crippen LogP contribution in [-0.2, 0) is 9.47 Å². The van der Waals surface area contributed by atoms with E-state index in [1.807, 2.05) is 30.3 Å². The second-order valence-corrected chi connectivity index (χ2v) is 6.06. The van der Waals surface area contributed by atoms with E-state index in [0.717, 1.165) is 24.2 Å². The molecule has 1 atom stereocenters. The van der Waals surface area contributed by atoms with Crippen LogP contribution in [0.4, 0.5) is 0 Å². The van der Waals surface area contributed by atoms with E-state index in [2.05, 4.69) is 10.6 Å². The van der Waals surface area contributed by atoms with Gasteiger partial charge in [-0.15, -0.1) is 0 Å². The number of hydrogen-bond donors (Lipinski definition) is 2. The number of esters is 1. The standard InChI is InChI=1S/C20H22N2O4/c1-25-20(24)15-7-5-14(6-8-15)16-3-2-4-17(11-16)19(23)22-13-18-12-21-9-10-26-18/h2-8,11,18,21H,9-10,12-13H2,1H3,(H,22,23)/t18-/m1/s1. The predicted octanol–water partition coefficient (Wildman–Crippen LogP) is 1.86. The molecule has 2 aromatic rings. The summed E-state index contributed by atoms with van der Waals surface area (Å²) in [5, 5.41) is 6.15. The lowest BCUT2D eigenvalue weighted by molar-refractivity contribution is 0.0287. The molecule has 6 heteroatoms. The van der Waals surface area contributed by atoms with Crippen LogP contribution in [0.25, 0.3) is 11.1 Å². The maximum Gasteiger partial charge on any atom is 0.337 e. The summed E-state index contributed by atoms with van der Waals surface area (Å²) in [4.78, 5) is 23.9. The molecule has 1 heterocycles. The van der Waals surface area contributed by atoms with Crippen molar-refractivity contribution in [3.8, 4) is 11.1 Å². The van der Waals surface area contributed by atoms with Crippen LogP contribution in [0.3, 0.4) is 0 Å². The summed E-state index contributed by atoms with van der Waals surface area (Å²) in [6, 6.07) is 14.5. The molecular weight excluding hydrogens is 332 g/mol. The Labute approximate surface area is 152 Å². The molecule has 0 saturated carbocycles. The van der Waals surface area contributed by atoms with Crippen LogP contribution in [0.2, 0.25) is 0 Å². The summed E-state index contributed by atoms with van der Waals surface area (Å²) >= 11 is 0. The molecule has 3 rings (SSSR count). The summed E-state index contributed by atoms with van der Waals surface area (Å²) in [6.07, 6.45) is 0.00162. The minimum atomic E-state index is -0.371. The highest BCUT2D eigenvalue weighted by Gasteiger charge is 2.15. The molecule has 0 aromatic heterocycles. The van der Waals surface area contributed by atoms with E-state index >= 15 is 0 Å². The van der Waals surface area contributed by atoms with E-state index in [9.17, 15) is 9.59 Å². The van der Waals surface area contributed by atoms with E-state index in [1.54, 1.807) is 18.2 Å². The zero-order valence-electron chi connectivity index (χ0n) is 14.7. The van der Waals surface area contributed by atoms with E-state index in [1.165, 1.54) is 7.11 Å². The monoisotopic (exact) mass is 354 g/mol. The van der Waals surface area contributed by atoms with E-state index in [-0.39, 0.29) is 18.0 Å². The second kappa shape index (κ2) is 8.60. The van der Waals surface area contributed by atoms with E-state index in [0.29, 0.717) is 24.3 Å². The normalized spacial score (nSPS) is 16.7. The Kier molecular flexibility index (Phi) is 5.99. The number of methoxy groups -OCH3 is 1. The van der Waals surface area contributed by atoms with Crippen molar-refractivity contribution >= 4 is 11.9 Å². The summed E-state index contributed by atoms with van der Waals surface area (Å²) in [6.45, 7) is 2.73. The van der Waals surface area contributed by atoms with Crippen molar-refractivity contribution in [3.05, 3.63) is 59.7 Å². The fraction of sp³-hybridized carbons (Fsp3) is 0.300. The smallest absolute Gasteiger partial charge is 0.337 e. The lowest BCUT2D eigenvalue weighted by atomic mass is 10.0. The number of carbonyl (C=O) groups excluding carboxylic acids is 2. The van der Waals surface area contributed by atoms with Gasteiger partial charge in [-0.25, -0.2) is 4.79 Å². The number of carbonyl (C=O) groups is 2. The van der Waals surface area contributed by atoms with Crippen molar-refractivity contribution in [2.24, 2.45) is 0 Å². The molecule has 6 nitrogen and oxygen atoms in total. The van der Waals surface area contributed by atoms with Crippen LogP contribution in [-0.4, -0.2) is 51.3 Å². The highest BCUT2D eigenvalue weighted by Crippen LogP contribution is 2.21. The third-order valence-corrected chi connectivity index (χ3v) is 4.26. The van der Waals surface area contributed by atoms with Gasteiger partial charge in [0, 0.05) is 25.2 Å². The first kappa shape index (κ1) is 18.1. The van der Waals surface area contributed by atoms with Crippen LogP contribution in [0.15, 0.2) is 48.5 Å². The van der Waals surface area contributed by atoms with Crippen molar-refractivity contribution < 1.29 is 19.1 Å². The van der Waals surface area contributed by atoms with Gasteiger partial charge in [0.05, 0.1) is 25.4 Å². The molecule has 0 bridgehead atoms. The average molecular weight is 354 g/mol. The molecule has 0 spiro atoms. The number of amides is 1. The summed E-state index contributed by atoms with van der Waals surface area (Å²) in [7, 11) is 1.35. The maximum atomic E-state index is 12.4. The number of rotatable bonds is 5. The first-order valence-electron chi connectivity index (χ1n) is 8.56. The van der Waals surface area contributed by atoms with Gasteiger partial charge in [0.1, 0.15) is 0 Å². The lowest BCUT2D eigenvalue weighted by Crippen LogP contribution is -2.45. The number of hydrogen-bond acceptors (Lipinski definition) is 5. The van der Waals surface area contributed by atoms with Crippen molar-refractivity contribution in [2.45, 2.75) is 6.10 Å². The molecule has 1 aliphatic heterocycles. The number of ether oxygens (including phenoxy) is 2. The van der Waals surface area contributed by atoms with Gasteiger partial charge in [0.15, 0.2) is 0 Å². The third kappa shape index (κ3) is 4.47. The van der Waals surface area contributed by atoms with Crippen LogP contribution in [0, 0.1) is 0 Å². The van der Waals surface area contributed by atoms with Crippen LogP contribution in [0.1, 0.15) is 20.7 Å². The first-order valence-corrected chi connectivity index (χ1v) is 8.56. The van der Waals surface area contributed by atoms with Gasteiger partial charge in [0.25, 0.3) is 5.91 Å². The van der Waals surface area contributed by atoms with Gasteiger partial charge in [-0.3, -0.25) is 4.79 Å². The van der Waals surface area contributed by atoms with Gasteiger partial charge in [0.2, 0.25) is 0 Å². The molecule has 26 heavy (non-hydrogen) atoms. The van der Waals surface area contributed by atoms with Crippen LogP contribution in [0.5, 0.6) is 0 Å². The Morgan fingerprint density at radius 2 is 1.96 bits per heavy atom. The van der Waals surface area contributed by atoms with Crippen molar-refractivity contribution in [1.82, 2.24) is 10.6 Å². The molecular formula is C20H22N2O4. The zero-order valence-corrected chi connectivity index (χ0v) is 14.7. The second-order valence-electron chi connectivity index (χ2n) is 6.06. The van der Waals surface area contributed by atoms with Gasteiger partial charge in [-0.2, -0.15) is 0 Å². The van der Waals surface area contributed by atoms with Crippen LogP contribution >= 0.6 is 0 Å². The maximum absolute atomic E-state index is 12.4. The zero-order chi connectivity index (χ0) is 18.4. The average Bonchev–Trinajstić information content (AvgIpc) is 2.72. The summed E-state index contributed by atoms with van der Waals surface area (Å²) in [5.74, 6) is -0.503. The predicted molar refractivity (Wildman–Crippen MR) is 98.2 cm³/mol. The lowest BCUT2D eigenvalue weighted by Gasteiger charge is -2.23. The summed E-state index contributed by atoms with van der Waals surface area (Å²) in [5.41, 5.74) is 2.91. The van der Waals surface area contributed by atoms with Crippen molar-refractivity contribution in [1.29, 1.82) is 0 Å². The Bertz CT molecular complexity index is 768. The summed E-state index contributed by atoms with van der Waals surface area (Å²) < 4.78 is 10.3. The molecule has 2 N–H and O–H groups in total. The molecule has 136 valence electrons. The molecule has 2 aromatic carbocycles. The molecule has 1 saturated heterocycles. The van der Waals surface area contributed by atoms with Gasteiger partial charge < -0.3 is 20.1 Å². The van der Waals surface area contributed by atoms with E-state index < -0.39 is 0 Å². The number of nitrogens with one attached hydrogen (secondary N) is 2. The van der Waals surface area contributed by atoms with Crippen molar-refractivity contribution in [3.63, 3.8) is 0 Å². The Morgan fingerprint density at radius 1 is 1.15 bits per heavy atom. The number of benzene rings is 2. The molecule has 0 radical (unpaired) electrons. The largest absolute Gasteiger partial charge is 0.465 e. The first-order chi connectivity index (χ1) is 12.7. The molecule has 1 aliphatic rings. The quantitative estimate of drug-likeness (QED) is 0.802. The fourth-order valence-corrected chi connectivity index (χ4v) is 2.82. The van der Waals surface area contributed by atoms with Gasteiger partial charge in [-0.05, 0) is 35.4 Å². The minimum absolute atomic E-state index is 0.00162. The van der Waals surface area contributed by atoms with Crippen molar-refractivity contribution in [2.75, 3.05) is 33.4 Å². The van der Waals surface area contributed by atoms with E-state index in [4.69, 9.17) is 9.47 Å². The SMILES string of the molecule is COC(=O)c1ccc(-c2cccc(C(=O)NC[C@H]3CNCCO3)c2)cc1. The van der Waals surface area contributed by atoms with Gasteiger partial charge >= 0.3 is 5.97 Å².